The van der Waals surface area contributed by atoms with Gasteiger partial charge in [-0.05, 0) is 46.3 Å². The highest BCUT2D eigenvalue weighted by atomic mass is 79.9. The highest BCUT2D eigenvalue weighted by Crippen LogP contribution is 2.22. The van der Waals surface area contributed by atoms with Gasteiger partial charge in [0.25, 0.3) is 0 Å². The highest BCUT2D eigenvalue weighted by Gasteiger charge is 2.21. The molecular weight excluding hydrogens is 254 g/mol. The second-order valence-electron chi connectivity index (χ2n) is 4.89. The predicted octanol–water partition coefficient (Wildman–Crippen LogP) is 3.18. The first-order chi connectivity index (χ1) is 6.89. The minimum Gasteiger partial charge on any atom is -0.393 e. The van der Waals surface area contributed by atoms with Crippen molar-refractivity contribution >= 4 is 15.9 Å². The number of aromatic nitrogens is 1. The van der Waals surface area contributed by atoms with Gasteiger partial charge in [0.05, 0.1) is 6.10 Å². The Labute approximate surface area is 99.9 Å². The zero-order valence-corrected chi connectivity index (χ0v) is 11.1. The number of aliphatic hydroxyl groups is 1. The summed E-state index contributed by atoms with van der Waals surface area (Å²) in [6.07, 6.45) is 3.10. The summed E-state index contributed by atoms with van der Waals surface area (Å²) in [5.41, 5.74) is 0.983. The van der Waals surface area contributed by atoms with E-state index < -0.39 is 0 Å². The molecule has 3 heteroatoms. The third-order valence-corrected chi connectivity index (χ3v) is 2.93. The van der Waals surface area contributed by atoms with Crippen LogP contribution in [0.1, 0.15) is 32.9 Å². The Bertz CT molecular complexity index is 302. The van der Waals surface area contributed by atoms with Crippen molar-refractivity contribution in [3.63, 3.8) is 0 Å². The maximum atomic E-state index is 9.86. The average Bonchev–Trinajstić information content (AvgIpc) is 2.15. The van der Waals surface area contributed by atoms with Crippen LogP contribution in [0, 0.1) is 5.41 Å². The molecule has 0 aliphatic heterocycles. The maximum absolute atomic E-state index is 9.86. The van der Waals surface area contributed by atoms with Crippen LogP contribution in [-0.4, -0.2) is 16.2 Å². The fourth-order valence-electron chi connectivity index (χ4n) is 1.27. The number of aliphatic hydroxyl groups excluding tert-OH is 1. The summed E-state index contributed by atoms with van der Waals surface area (Å²) in [7, 11) is 0. The van der Waals surface area contributed by atoms with Gasteiger partial charge in [0, 0.05) is 16.4 Å². The zero-order chi connectivity index (χ0) is 11.5. The molecule has 0 saturated heterocycles. The lowest BCUT2D eigenvalue weighted by atomic mass is 9.86. The van der Waals surface area contributed by atoms with Crippen LogP contribution in [-0.2, 0) is 6.42 Å². The lowest BCUT2D eigenvalue weighted by Gasteiger charge is -2.25. The van der Waals surface area contributed by atoms with E-state index in [2.05, 4.69) is 20.9 Å². The van der Waals surface area contributed by atoms with E-state index in [0.717, 1.165) is 23.0 Å². The number of hydrogen-bond acceptors (Lipinski definition) is 2. The van der Waals surface area contributed by atoms with Gasteiger partial charge in [0.15, 0.2) is 0 Å². The average molecular weight is 272 g/mol. The molecule has 0 spiro atoms. The topological polar surface area (TPSA) is 33.1 Å². The highest BCUT2D eigenvalue weighted by molar-refractivity contribution is 9.10. The summed E-state index contributed by atoms with van der Waals surface area (Å²) in [4.78, 5) is 4.27. The first-order valence-corrected chi connectivity index (χ1v) is 5.97. The van der Waals surface area contributed by atoms with Gasteiger partial charge in [0.2, 0.25) is 0 Å². The van der Waals surface area contributed by atoms with Gasteiger partial charge in [0.1, 0.15) is 0 Å². The molecule has 0 aliphatic rings. The molecule has 0 fully saturated rings. The van der Waals surface area contributed by atoms with Crippen molar-refractivity contribution in [2.75, 3.05) is 0 Å². The Balaban J connectivity index is 2.47. The number of aryl methyl sites for hydroxylation is 1. The van der Waals surface area contributed by atoms with E-state index in [0.29, 0.717) is 0 Å². The number of nitrogens with zero attached hydrogens (tertiary/aromatic N) is 1. The number of halogens is 1. The summed E-state index contributed by atoms with van der Waals surface area (Å²) in [5, 5.41) is 9.86. The normalized spacial score (nSPS) is 13.9. The quantitative estimate of drug-likeness (QED) is 0.916. The van der Waals surface area contributed by atoms with Crippen LogP contribution in [0.15, 0.2) is 22.8 Å². The molecule has 2 nitrogen and oxygen atoms in total. The molecule has 0 bridgehead atoms. The van der Waals surface area contributed by atoms with Crippen LogP contribution < -0.4 is 0 Å². The second kappa shape index (κ2) is 5.08. The Morgan fingerprint density at radius 3 is 2.53 bits per heavy atom. The van der Waals surface area contributed by atoms with Gasteiger partial charge < -0.3 is 5.11 Å². The summed E-state index contributed by atoms with van der Waals surface area (Å²) < 4.78 is 0.989. The summed E-state index contributed by atoms with van der Waals surface area (Å²) in [6.45, 7) is 6.14. The molecule has 0 amide bonds. The lowest BCUT2D eigenvalue weighted by Crippen LogP contribution is -2.26. The lowest BCUT2D eigenvalue weighted by molar-refractivity contribution is 0.0558. The Morgan fingerprint density at radius 2 is 2.07 bits per heavy atom. The molecule has 15 heavy (non-hydrogen) atoms. The van der Waals surface area contributed by atoms with Crippen molar-refractivity contribution in [3.8, 4) is 0 Å². The van der Waals surface area contributed by atoms with E-state index in [1.165, 1.54) is 0 Å². The minimum atomic E-state index is -0.275. The Hall–Kier alpha value is -0.410. The molecule has 84 valence electrons. The maximum Gasteiger partial charge on any atom is 0.0592 e. The summed E-state index contributed by atoms with van der Waals surface area (Å²) in [6, 6.07) is 3.96. The first kappa shape index (κ1) is 12.7. The molecule has 1 aromatic rings. The summed E-state index contributed by atoms with van der Waals surface area (Å²) in [5.74, 6) is 0. The number of rotatable bonds is 3. The molecular formula is C12H18BrNO. The molecule has 0 radical (unpaired) electrons. The molecule has 0 aliphatic carbocycles. The van der Waals surface area contributed by atoms with Crippen LogP contribution in [0.4, 0.5) is 0 Å². The van der Waals surface area contributed by atoms with E-state index >= 15 is 0 Å². The molecule has 1 unspecified atom stereocenters. The van der Waals surface area contributed by atoms with Gasteiger partial charge in [-0.3, -0.25) is 4.98 Å². The molecule has 0 aromatic carbocycles. The fourth-order valence-corrected chi connectivity index (χ4v) is 1.51. The van der Waals surface area contributed by atoms with E-state index in [4.69, 9.17) is 0 Å². The molecule has 1 N–H and O–H groups in total. The predicted molar refractivity (Wildman–Crippen MR) is 65.7 cm³/mol. The van der Waals surface area contributed by atoms with Crippen molar-refractivity contribution in [1.82, 2.24) is 4.98 Å². The fraction of sp³-hybridized carbons (Fsp3) is 0.583. The second-order valence-corrected chi connectivity index (χ2v) is 5.80. The third kappa shape index (κ3) is 4.31. The minimum absolute atomic E-state index is 0.0463. The van der Waals surface area contributed by atoms with Gasteiger partial charge in [-0.15, -0.1) is 0 Å². The molecule has 0 saturated carbocycles. The van der Waals surface area contributed by atoms with Crippen molar-refractivity contribution in [3.05, 3.63) is 28.5 Å². The van der Waals surface area contributed by atoms with Crippen LogP contribution in [0.25, 0.3) is 0 Å². The smallest absolute Gasteiger partial charge is 0.0592 e. The van der Waals surface area contributed by atoms with E-state index in [-0.39, 0.29) is 11.5 Å². The molecule has 1 rings (SSSR count). The molecule has 1 atom stereocenters. The van der Waals surface area contributed by atoms with Crippen LogP contribution in [0.5, 0.6) is 0 Å². The Morgan fingerprint density at radius 1 is 1.40 bits per heavy atom. The van der Waals surface area contributed by atoms with Gasteiger partial charge in [-0.2, -0.15) is 0 Å². The van der Waals surface area contributed by atoms with Crippen LogP contribution in [0.2, 0.25) is 0 Å². The molecule has 1 aromatic heterocycles. The monoisotopic (exact) mass is 271 g/mol. The first-order valence-electron chi connectivity index (χ1n) is 5.18. The third-order valence-electron chi connectivity index (χ3n) is 2.46. The van der Waals surface area contributed by atoms with Gasteiger partial charge in [-0.25, -0.2) is 0 Å². The van der Waals surface area contributed by atoms with Gasteiger partial charge >= 0.3 is 0 Å². The van der Waals surface area contributed by atoms with Crippen molar-refractivity contribution in [1.29, 1.82) is 0 Å². The molecule has 1 heterocycles. The van der Waals surface area contributed by atoms with Crippen molar-refractivity contribution in [2.45, 2.75) is 39.7 Å². The SMILES string of the molecule is CC(C)(C)C(O)CCc1ccc(Br)cn1. The Kier molecular flexibility index (Phi) is 4.29. The number of hydrogen-bond donors (Lipinski definition) is 1. The van der Waals surface area contributed by atoms with Gasteiger partial charge in [-0.1, -0.05) is 20.8 Å². The van der Waals surface area contributed by atoms with Crippen molar-refractivity contribution < 1.29 is 5.11 Å². The van der Waals surface area contributed by atoms with Crippen LogP contribution >= 0.6 is 15.9 Å². The summed E-state index contributed by atoms with van der Waals surface area (Å²) >= 11 is 3.35. The van der Waals surface area contributed by atoms with E-state index in [1.54, 1.807) is 6.20 Å². The largest absolute Gasteiger partial charge is 0.393 e. The van der Waals surface area contributed by atoms with Crippen LogP contribution in [0.3, 0.4) is 0 Å². The van der Waals surface area contributed by atoms with E-state index in [9.17, 15) is 5.11 Å². The standard InChI is InChI=1S/C12H18BrNO/c1-12(2,3)11(15)7-6-10-5-4-9(13)8-14-10/h4-5,8,11,15H,6-7H2,1-3H3. The number of pyridine rings is 1. The van der Waals surface area contributed by atoms with Crippen molar-refractivity contribution in [2.24, 2.45) is 5.41 Å². The van der Waals surface area contributed by atoms with E-state index in [1.807, 2.05) is 32.9 Å². The zero-order valence-electron chi connectivity index (χ0n) is 9.50.